The number of aryl methyl sites for hydroxylation is 1. The van der Waals surface area contributed by atoms with Crippen molar-refractivity contribution in [3.8, 4) is 0 Å². The third-order valence-electron chi connectivity index (χ3n) is 5.43. The lowest BCUT2D eigenvalue weighted by Crippen LogP contribution is -2.62. The summed E-state index contributed by atoms with van der Waals surface area (Å²) in [4.78, 5) is 20.3. The summed E-state index contributed by atoms with van der Waals surface area (Å²) in [7, 11) is 0. The number of anilines is 1. The number of hydrogen-bond donors (Lipinski definition) is 1. The van der Waals surface area contributed by atoms with E-state index < -0.39 is 0 Å². The highest BCUT2D eigenvalue weighted by molar-refractivity contribution is 7.15. The first kappa shape index (κ1) is 17.6. The minimum atomic E-state index is 0.0228. The van der Waals surface area contributed by atoms with E-state index in [9.17, 15) is 4.79 Å². The molecule has 1 amide bonds. The van der Waals surface area contributed by atoms with Crippen LogP contribution in [0.3, 0.4) is 0 Å². The normalized spacial score (nSPS) is 19.3. The van der Waals surface area contributed by atoms with Gasteiger partial charge in [0, 0.05) is 29.6 Å². The monoisotopic (exact) mass is 371 g/mol. The highest BCUT2D eigenvalue weighted by Crippen LogP contribution is 2.39. The Morgan fingerprint density at radius 1 is 1.42 bits per heavy atom. The minimum absolute atomic E-state index is 0.0228. The fourth-order valence-corrected chi connectivity index (χ4v) is 4.72. The highest BCUT2D eigenvalue weighted by Gasteiger charge is 2.45. The Bertz CT molecular complexity index is 785. The lowest BCUT2D eigenvalue weighted by molar-refractivity contribution is -0.131. The maximum absolute atomic E-state index is 12.5. The SMILES string of the molecule is Cc1cccc(Cc2cnc(NC(=O)CN3CCOCC34CCC4)s2)c1. The van der Waals surface area contributed by atoms with Crippen LogP contribution in [0.4, 0.5) is 5.13 Å². The summed E-state index contributed by atoms with van der Waals surface area (Å²) in [5.74, 6) is 0.0228. The van der Waals surface area contributed by atoms with Gasteiger partial charge >= 0.3 is 0 Å². The maximum atomic E-state index is 12.5. The molecule has 1 aliphatic carbocycles. The standard InChI is InChI=1S/C20H25N3O2S/c1-15-4-2-5-16(10-15)11-17-12-21-19(26-17)22-18(24)13-23-8-9-25-14-20(23)6-3-7-20/h2,4-5,10,12H,3,6-9,11,13-14H2,1H3,(H,21,22,24). The number of amides is 1. The summed E-state index contributed by atoms with van der Waals surface area (Å²) in [6.07, 6.45) is 6.22. The topological polar surface area (TPSA) is 54.5 Å². The van der Waals surface area contributed by atoms with Crippen LogP contribution in [0.15, 0.2) is 30.5 Å². The molecule has 1 aliphatic heterocycles. The zero-order chi connectivity index (χ0) is 18.0. The van der Waals surface area contributed by atoms with Gasteiger partial charge < -0.3 is 10.1 Å². The van der Waals surface area contributed by atoms with E-state index in [1.165, 1.54) is 17.5 Å². The van der Waals surface area contributed by atoms with Gasteiger partial charge in [0.05, 0.1) is 19.8 Å². The first-order valence-electron chi connectivity index (χ1n) is 9.26. The molecule has 0 atom stereocenters. The second-order valence-electron chi connectivity index (χ2n) is 7.40. The largest absolute Gasteiger partial charge is 0.378 e. The number of aromatic nitrogens is 1. The zero-order valence-electron chi connectivity index (χ0n) is 15.2. The Morgan fingerprint density at radius 3 is 3.08 bits per heavy atom. The van der Waals surface area contributed by atoms with E-state index >= 15 is 0 Å². The van der Waals surface area contributed by atoms with E-state index in [4.69, 9.17) is 4.74 Å². The number of nitrogens with one attached hydrogen (secondary N) is 1. The van der Waals surface area contributed by atoms with Gasteiger partial charge in [0.1, 0.15) is 0 Å². The zero-order valence-corrected chi connectivity index (χ0v) is 16.0. The highest BCUT2D eigenvalue weighted by atomic mass is 32.1. The van der Waals surface area contributed by atoms with Crippen molar-refractivity contribution in [3.05, 3.63) is 46.5 Å². The number of rotatable bonds is 5. The third kappa shape index (κ3) is 3.82. The van der Waals surface area contributed by atoms with Crippen molar-refractivity contribution in [3.63, 3.8) is 0 Å². The molecule has 1 aromatic carbocycles. The van der Waals surface area contributed by atoms with Gasteiger partial charge in [-0.05, 0) is 31.7 Å². The van der Waals surface area contributed by atoms with Crippen LogP contribution >= 0.6 is 11.3 Å². The molecule has 1 saturated carbocycles. The van der Waals surface area contributed by atoms with E-state index in [1.54, 1.807) is 11.3 Å². The van der Waals surface area contributed by atoms with E-state index in [0.717, 1.165) is 37.3 Å². The van der Waals surface area contributed by atoms with Crippen LogP contribution in [-0.4, -0.2) is 47.6 Å². The molecule has 1 aromatic heterocycles. The molecule has 2 aromatic rings. The first-order valence-corrected chi connectivity index (χ1v) is 10.1. The molecule has 5 nitrogen and oxygen atoms in total. The number of carbonyl (C=O) groups is 1. The lowest BCUT2D eigenvalue weighted by atomic mass is 9.75. The summed E-state index contributed by atoms with van der Waals surface area (Å²) in [6.45, 7) is 4.84. The van der Waals surface area contributed by atoms with Gasteiger partial charge in [-0.3, -0.25) is 9.69 Å². The van der Waals surface area contributed by atoms with Gasteiger partial charge in [-0.1, -0.05) is 29.8 Å². The number of hydrogen-bond acceptors (Lipinski definition) is 5. The van der Waals surface area contributed by atoms with Crippen LogP contribution in [0.1, 0.15) is 35.3 Å². The predicted octanol–water partition coefficient (Wildman–Crippen LogP) is 3.24. The van der Waals surface area contributed by atoms with Crippen LogP contribution in [0, 0.1) is 6.92 Å². The molecule has 2 fully saturated rings. The summed E-state index contributed by atoms with van der Waals surface area (Å²) >= 11 is 1.56. The summed E-state index contributed by atoms with van der Waals surface area (Å²) in [5.41, 5.74) is 2.64. The number of morpholine rings is 1. The number of benzene rings is 1. The Labute approximate surface area is 158 Å². The lowest BCUT2D eigenvalue weighted by Gasteiger charge is -2.52. The molecule has 2 aliphatic rings. The van der Waals surface area contributed by atoms with Crippen LogP contribution in [0.5, 0.6) is 0 Å². The number of nitrogens with zero attached hydrogens (tertiary/aromatic N) is 2. The third-order valence-corrected chi connectivity index (χ3v) is 6.34. The molecule has 1 spiro atoms. The molecule has 138 valence electrons. The fourth-order valence-electron chi connectivity index (χ4n) is 3.86. The van der Waals surface area contributed by atoms with Gasteiger partial charge in [-0.2, -0.15) is 0 Å². The van der Waals surface area contributed by atoms with Crippen LogP contribution in [-0.2, 0) is 16.0 Å². The van der Waals surface area contributed by atoms with Crippen molar-refractivity contribution in [1.82, 2.24) is 9.88 Å². The summed E-state index contributed by atoms with van der Waals surface area (Å²) in [5, 5.41) is 3.67. The predicted molar refractivity (Wildman–Crippen MR) is 104 cm³/mol. The Balaban J connectivity index is 1.34. The van der Waals surface area contributed by atoms with Gasteiger partial charge in [-0.15, -0.1) is 11.3 Å². The average molecular weight is 372 g/mol. The van der Waals surface area contributed by atoms with E-state index in [0.29, 0.717) is 18.3 Å². The van der Waals surface area contributed by atoms with Gasteiger partial charge in [-0.25, -0.2) is 4.98 Å². The Kier molecular flexibility index (Phi) is 5.07. The van der Waals surface area contributed by atoms with Crippen molar-refractivity contribution in [2.45, 2.75) is 38.1 Å². The quantitative estimate of drug-likeness (QED) is 0.877. The van der Waals surface area contributed by atoms with E-state index in [1.807, 2.05) is 6.20 Å². The molecular weight excluding hydrogens is 346 g/mol. The molecule has 0 unspecified atom stereocenters. The molecule has 2 heterocycles. The molecule has 0 radical (unpaired) electrons. The number of carbonyl (C=O) groups excluding carboxylic acids is 1. The molecule has 26 heavy (non-hydrogen) atoms. The molecule has 1 saturated heterocycles. The maximum Gasteiger partial charge on any atom is 0.240 e. The Morgan fingerprint density at radius 2 is 2.31 bits per heavy atom. The summed E-state index contributed by atoms with van der Waals surface area (Å²) in [6, 6.07) is 8.49. The van der Waals surface area contributed by atoms with Gasteiger partial charge in [0.15, 0.2) is 5.13 Å². The van der Waals surface area contributed by atoms with Gasteiger partial charge in [0.25, 0.3) is 0 Å². The van der Waals surface area contributed by atoms with Crippen molar-refractivity contribution in [2.75, 3.05) is 31.6 Å². The van der Waals surface area contributed by atoms with Gasteiger partial charge in [0.2, 0.25) is 5.91 Å². The second kappa shape index (κ2) is 7.47. The van der Waals surface area contributed by atoms with Crippen LogP contribution in [0.2, 0.25) is 0 Å². The van der Waals surface area contributed by atoms with Crippen LogP contribution in [0.25, 0.3) is 0 Å². The molecule has 0 bridgehead atoms. The van der Waals surface area contributed by atoms with Crippen molar-refractivity contribution in [1.29, 1.82) is 0 Å². The van der Waals surface area contributed by atoms with E-state index in [2.05, 4.69) is 46.4 Å². The molecule has 6 heteroatoms. The van der Waals surface area contributed by atoms with Crippen LogP contribution < -0.4 is 5.32 Å². The minimum Gasteiger partial charge on any atom is -0.378 e. The molecule has 1 N–H and O–H groups in total. The smallest absolute Gasteiger partial charge is 0.240 e. The summed E-state index contributed by atoms with van der Waals surface area (Å²) < 4.78 is 5.64. The number of thiazole rings is 1. The second-order valence-corrected chi connectivity index (χ2v) is 8.51. The molecular formula is C20H25N3O2S. The fraction of sp³-hybridized carbons (Fsp3) is 0.500. The van der Waals surface area contributed by atoms with Crippen molar-refractivity contribution < 1.29 is 9.53 Å². The first-order chi connectivity index (χ1) is 12.6. The van der Waals surface area contributed by atoms with Crippen molar-refractivity contribution >= 4 is 22.4 Å². The van der Waals surface area contributed by atoms with E-state index in [-0.39, 0.29) is 11.4 Å². The average Bonchev–Trinajstić information content (AvgIpc) is 3.00. The number of ether oxygens (including phenoxy) is 1. The molecule has 4 rings (SSSR count). The Hall–Kier alpha value is -1.76. The van der Waals surface area contributed by atoms with Crippen molar-refractivity contribution in [2.24, 2.45) is 0 Å².